The SMILES string of the molecule is CC(C(=O)c1ccc2c(c1)CCN2)N(C)CCC(=O)O. The minimum Gasteiger partial charge on any atom is -0.481 e. The number of Topliss-reactive ketones (excluding diaryl/α,β-unsaturated/α-hetero) is 1. The zero-order valence-electron chi connectivity index (χ0n) is 11.8. The summed E-state index contributed by atoms with van der Waals surface area (Å²) in [5.74, 6) is -0.812. The topological polar surface area (TPSA) is 69.6 Å². The number of hydrogen-bond donors (Lipinski definition) is 2. The minimum atomic E-state index is -0.847. The first kappa shape index (κ1) is 14.5. The Morgan fingerprint density at radius 1 is 1.45 bits per heavy atom. The van der Waals surface area contributed by atoms with E-state index in [0.29, 0.717) is 12.1 Å². The van der Waals surface area contributed by atoms with Crippen molar-refractivity contribution in [1.82, 2.24) is 4.90 Å². The number of anilines is 1. The van der Waals surface area contributed by atoms with E-state index in [1.807, 2.05) is 25.1 Å². The van der Waals surface area contributed by atoms with Crippen LogP contribution in [0.4, 0.5) is 5.69 Å². The predicted octanol–water partition coefficient (Wildman–Crippen LogP) is 1.63. The largest absolute Gasteiger partial charge is 0.481 e. The molecule has 5 heteroatoms. The van der Waals surface area contributed by atoms with Gasteiger partial charge in [-0.2, -0.15) is 0 Å². The van der Waals surface area contributed by atoms with Crippen LogP contribution >= 0.6 is 0 Å². The lowest BCUT2D eigenvalue weighted by Crippen LogP contribution is -2.37. The van der Waals surface area contributed by atoms with Crippen molar-refractivity contribution in [1.29, 1.82) is 0 Å². The fourth-order valence-electron chi connectivity index (χ4n) is 2.37. The molecule has 0 radical (unpaired) electrons. The standard InChI is InChI=1S/C15H20N2O3/c1-10(17(2)8-6-14(18)19)15(20)12-3-4-13-11(9-12)5-7-16-13/h3-4,9-10,16H,5-8H2,1-2H3,(H,18,19). The van der Waals surface area contributed by atoms with Crippen LogP contribution in [-0.2, 0) is 11.2 Å². The highest BCUT2D eigenvalue weighted by molar-refractivity contribution is 6.00. The summed E-state index contributed by atoms with van der Waals surface area (Å²) in [5, 5.41) is 12.0. The molecule has 1 aliphatic rings. The van der Waals surface area contributed by atoms with Crippen LogP contribution in [0, 0.1) is 0 Å². The van der Waals surface area contributed by atoms with Crippen LogP contribution in [0.5, 0.6) is 0 Å². The normalized spacial score (nSPS) is 14.8. The smallest absolute Gasteiger partial charge is 0.304 e. The number of carboxylic acid groups (broad SMARTS) is 1. The zero-order chi connectivity index (χ0) is 14.7. The van der Waals surface area contributed by atoms with E-state index in [0.717, 1.165) is 18.7 Å². The number of carbonyl (C=O) groups is 2. The number of hydrogen-bond acceptors (Lipinski definition) is 4. The number of fused-ring (bicyclic) bond motifs is 1. The quantitative estimate of drug-likeness (QED) is 0.773. The Kier molecular flexibility index (Phi) is 4.39. The van der Waals surface area contributed by atoms with E-state index in [2.05, 4.69) is 5.32 Å². The molecule has 0 fully saturated rings. The van der Waals surface area contributed by atoms with E-state index in [1.54, 1.807) is 11.9 Å². The molecular formula is C15H20N2O3. The van der Waals surface area contributed by atoms with Crippen molar-refractivity contribution in [2.75, 3.05) is 25.5 Å². The number of likely N-dealkylation sites (N-methyl/N-ethyl adjacent to an activating group) is 1. The van der Waals surface area contributed by atoms with Gasteiger partial charge in [0.25, 0.3) is 0 Å². The number of carboxylic acids is 1. The molecule has 0 saturated heterocycles. The lowest BCUT2D eigenvalue weighted by molar-refractivity contribution is -0.137. The van der Waals surface area contributed by atoms with E-state index in [4.69, 9.17) is 5.11 Å². The second kappa shape index (κ2) is 6.05. The van der Waals surface area contributed by atoms with Crippen molar-refractivity contribution in [2.24, 2.45) is 0 Å². The molecule has 1 unspecified atom stereocenters. The second-order valence-electron chi connectivity index (χ2n) is 5.21. The highest BCUT2D eigenvalue weighted by Gasteiger charge is 2.21. The summed E-state index contributed by atoms with van der Waals surface area (Å²) >= 11 is 0. The van der Waals surface area contributed by atoms with Gasteiger partial charge in [0, 0.05) is 24.3 Å². The van der Waals surface area contributed by atoms with Gasteiger partial charge in [0.05, 0.1) is 12.5 Å². The van der Waals surface area contributed by atoms with E-state index < -0.39 is 5.97 Å². The number of aliphatic carboxylic acids is 1. The Labute approximate surface area is 118 Å². The maximum Gasteiger partial charge on any atom is 0.304 e. The minimum absolute atomic E-state index is 0.0348. The Morgan fingerprint density at radius 3 is 2.90 bits per heavy atom. The molecule has 1 aromatic rings. The van der Waals surface area contributed by atoms with Crippen LogP contribution in [0.15, 0.2) is 18.2 Å². The molecule has 0 spiro atoms. The molecule has 0 saturated carbocycles. The van der Waals surface area contributed by atoms with Crippen LogP contribution in [-0.4, -0.2) is 47.9 Å². The van der Waals surface area contributed by atoms with E-state index in [-0.39, 0.29) is 18.2 Å². The molecule has 0 aliphatic carbocycles. The van der Waals surface area contributed by atoms with E-state index >= 15 is 0 Å². The van der Waals surface area contributed by atoms with Crippen molar-refractivity contribution < 1.29 is 14.7 Å². The average Bonchev–Trinajstić information content (AvgIpc) is 2.90. The first-order valence-corrected chi connectivity index (χ1v) is 6.82. The van der Waals surface area contributed by atoms with Gasteiger partial charge in [-0.3, -0.25) is 14.5 Å². The zero-order valence-corrected chi connectivity index (χ0v) is 11.8. The Bertz CT molecular complexity index is 528. The molecule has 1 heterocycles. The van der Waals surface area contributed by atoms with Gasteiger partial charge >= 0.3 is 5.97 Å². The van der Waals surface area contributed by atoms with Gasteiger partial charge in [-0.05, 0) is 44.2 Å². The Hall–Kier alpha value is -1.88. The molecule has 1 aliphatic heterocycles. The first-order valence-electron chi connectivity index (χ1n) is 6.82. The lowest BCUT2D eigenvalue weighted by Gasteiger charge is -2.23. The van der Waals surface area contributed by atoms with E-state index in [1.165, 1.54) is 5.56 Å². The van der Waals surface area contributed by atoms with Crippen LogP contribution in [0.1, 0.15) is 29.3 Å². The fourth-order valence-corrected chi connectivity index (χ4v) is 2.37. The molecule has 108 valence electrons. The summed E-state index contributed by atoms with van der Waals surface area (Å²) in [7, 11) is 1.78. The fraction of sp³-hybridized carbons (Fsp3) is 0.467. The third-order valence-corrected chi connectivity index (χ3v) is 3.82. The van der Waals surface area contributed by atoms with Gasteiger partial charge < -0.3 is 10.4 Å². The van der Waals surface area contributed by atoms with Crippen molar-refractivity contribution in [2.45, 2.75) is 25.8 Å². The van der Waals surface area contributed by atoms with Crippen LogP contribution in [0.2, 0.25) is 0 Å². The third-order valence-electron chi connectivity index (χ3n) is 3.82. The van der Waals surface area contributed by atoms with Crippen molar-refractivity contribution >= 4 is 17.4 Å². The van der Waals surface area contributed by atoms with E-state index in [9.17, 15) is 9.59 Å². The molecule has 20 heavy (non-hydrogen) atoms. The summed E-state index contributed by atoms with van der Waals surface area (Å²) in [5.41, 5.74) is 2.98. The molecule has 0 aromatic heterocycles. The van der Waals surface area contributed by atoms with Gasteiger partial charge in [-0.25, -0.2) is 0 Å². The van der Waals surface area contributed by atoms with Gasteiger partial charge in [-0.1, -0.05) is 0 Å². The van der Waals surface area contributed by atoms with Crippen molar-refractivity contribution in [3.63, 3.8) is 0 Å². The number of ketones is 1. The summed E-state index contributed by atoms with van der Waals surface area (Å²) < 4.78 is 0. The highest BCUT2D eigenvalue weighted by Crippen LogP contribution is 2.24. The van der Waals surface area contributed by atoms with Gasteiger partial charge in [0.2, 0.25) is 0 Å². The number of nitrogens with one attached hydrogen (secondary N) is 1. The maximum absolute atomic E-state index is 12.4. The molecule has 5 nitrogen and oxygen atoms in total. The van der Waals surface area contributed by atoms with Crippen LogP contribution in [0.25, 0.3) is 0 Å². The lowest BCUT2D eigenvalue weighted by atomic mass is 10.0. The number of rotatable bonds is 6. The molecule has 2 N–H and O–H groups in total. The van der Waals surface area contributed by atoms with Gasteiger partial charge in [0.15, 0.2) is 5.78 Å². The van der Waals surface area contributed by atoms with Crippen LogP contribution < -0.4 is 5.32 Å². The van der Waals surface area contributed by atoms with Gasteiger partial charge in [0.1, 0.15) is 0 Å². The predicted molar refractivity (Wildman–Crippen MR) is 77.3 cm³/mol. The van der Waals surface area contributed by atoms with Crippen molar-refractivity contribution in [3.8, 4) is 0 Å². The first-order chi connectivity index (χ1) is 9.49. The second-order valence-corrected chi connectivity index (χ2v) is 5.21. The number of carbonyl (C=O) groups excluding carboxylic acids is 1. The van der Waals surface area contributed by atoms with Gasteiger partial charge in [-0.15, -0.1) is 0 Å². The van der Waals surface area contributed by atoms with Crippen molar-refractivity contribution in [3.05, 3.63) is 29.3 Å². The molecular weight excluding hydrogens is 256 g/mol. The summed E-state index contributed by atoms with van der Waals surface area (Å²) in [6.07, 6.45) is 0.988. The third kappa shape index (κ3) is 3.17. The average molecular weight is 276 g/mol. The molecule has 2 rings (SSSR count). The Balaban J connectivity index is 2.04. The number of benzene rings is 1. The molecule has 1 atom stereocenters. The summed E-state index contributed by atoms with van der Waals surface area (Å²) in [6, 6.07) is 5.40. The summed E-state index contributed by atoms with van der Waals surface area (Å²) in [4.78, 5) is 24.8. The highest BCUT2D eigenvalue weighted by atomic mass is 16.4. The maximum atomic E-state index is 12.4. The monoisotopic (exact) mass is 276 g/mol. The Morgan fingerprint density at radius 2 is 2.20 bits per heavy atom. The van der Waals surface area contributed by atoms with Crippen LogP contribution in [0.3, 0.4) is 0 Å². The summed E-state index contributed by atoms with van der Waals surface area (Å²) in [6.45, 7) is 3.10. The molecule has 0 bridgehead atoms. The molecule has 1 aromatic carbocycles. The number of nitrogens with zero attached hydrogens (tertiary/aromatic N) is 1. The molecule has 0 amide bonds.